The maximum absolute atomic E-state index is 13.6. The van der Waals surface area contributed by atoms with E-state index in [-0.39, 0.29) is 10.6 Å². The van der Waals surface area contributed by atoms with E-state index in [1.807, 2.05) is 30.3 Å². The summed E-state index contributed by atoms with van der Waals surface area (Å²) >= 11 is 0. The number of hydrazone groups is 1. The normalized spacial score (nSPS) is 11.1. The molecule has 0 atom stereocenters. The Hall–Kier alpha value is -5.03. The lowest BCUT2D eigenvalue weighted by Crippen LogP contribution is -2.39. The predicted molar refractivity (Wildman–Crippen MR) is 160 cm³/mol. The van der Waals surface area contributed by atoms with Gasteiger partial charge in [-0.2, -0.15) is 5.10 Å². The number of sulfonamides is 1. The molecule has 0 fully saturated rings. The number of carbonyl (C=O) groups is 1. The smallest absolute Gasteiger partial charge is 0.264 e. The summed E-state index contributed by atoms with van der Waals surface area (Å²) < 4.78 is 50.1. The number of amides is 1. The van der Waals surface area contributed by atoms with Crippen molar-refractivity contribution in [3.8, 4) is 23.0 Å². The molecule has 0 heterocycles. The Labute approximate surface area is 245 Å². The molecular weight excluding hydrogens is 558 g/mol. The van der Waals surface area contributed by atoms with Crippen molar-refractivity contribution in [1.82, 2.24) is 5.43 Å². The van der Waals surface area contributed by atoms with E-state index in [0.717, 1.165) is 9.87 Å². The third-order valence-electron chi connectivity index (χ3n) is 6.10. The summed E-state index contributed by atoms with van der Waals surface area (Å²) in [4.78, 5) is 13.0. The highest BCUT2D eigenvalue weighted by Gasteiger charge is 2.28. The molecule has 0 spiro atoms. The van der Waals surface area contributed by atoms with Crippen LogP contribution in [0.25, 0.3) is 0 Å². The zero-order valence-electron chi connectivity index (χ0n) is 23.4. The number of methoxy groups -OCH3 is 3. The van der Waals surface area contributed by atoms with Gasteiger partial charge in [-0.25, -0.2) is 13.8 Å². The summed E-state index contributed by atoms with van der Waals surface area (Å²) in [7, 11) is 0.330. The lowest BCUT2D eigenvalue weighted by Gasteiger charge is -2.24. The molecule has 0 bridgehead atoms. The molecule has 42 heavy (non-hydrogen) atoms. The Kier molecular flexibility index (Phi) is 10.0. The zero-order chi connectivity index (χ0) is 30.0. The van der Waals surface area contributed by atoms with Gasteiger partial charge in [0.2, 0.25) is 0 Å². The average molecular weight is 590 g/mol. The van der Waals surface area contributed by atoms with Crippen LogP contribution in [-0.4, -0.2) is 48.4 Å². The van der Waals surface area contributed by atoms with Gasteiger partial charge in [-0.1, -0.05) is 48.5 Å². The summed E-state index contributed by atoms with van der Waals surface area (Å²) in [5.41, 5.74) is 4.27. The Balaban J connectivity index is 1.49. The van der Waals surface area contributed by atoms with Crippen molar-refractivity contribution in [2.45, 2.75) is 11.5 Å². The molecule has 218 valence electrons. The fourth-order valence-corrected chi connectivity index (χ4v) is 5.41. The Morgan fingerprint density at radius 1 is 0.786 bits per heavy atom. The van der Waals surface area contributed by atoms with Crippen molar-refractivity contribution in [3.05, 3.63) is 108 Å². The van der Waals surface area contributed by atoms with Gasteiger partial charge >= 0.3 is 0 Å². The molecule has 0 saturated carbocycles. The first-order chi connectivity index (χ1) is 20.3. The summed E-state index contributed by atoms with van der Waals surface area (Å²) in [6, 6.07) is 27.4. The SMILES string of the molecule is COc1ccc(N(CC(=O)N/N=C\c2ccc(OCc3ccccc3)c(OC)c2)S(=O)(=O)c2ccccc2)cc1OC. The number of nitrogens with zero attached hydrogens (tertiary/aromatic N) is 2. The first-order valence-corrected chi connectivity index (χ1v) is 14.3. The van der Waals surface area contributed by atoms with Gasteiger partial charge in [-0.3, -0.25) is 9.10 Å². The molecule has 0 aromatic heterocycles. The number of ether oxygens (including phenoxy) is 4. The summed E-state index contributed by atoms with van der Waals surface area (Å²) in [5.74, 6) is 1.12. The molecule has 4 aromatic carbocycles. The van der Waals surface area contributed by atoms with Crippen LogP contribution in [0.2, 0.25) is 0 Å². The van der Waals surface area contributed by atoms with Gasteiger partial charge in [-0.05, 0) is 53.6 Å². The van der Waals surface area contributed by atoms with E-state index >= 15 is 0 Å². The van der Waals surface area contributed by atoms with Crippen molar-refractivity contribution >= 4 is 27.8 Å². The molecule has 0 radical (unpaired) electrons. The molecule has 4 rings (SSSR count). The van der Waals surface area contributed by atoms with Crippen molar-refractivity contribution < 1.29 is 32.2 Å². The summed E-state index contributed by atoms with van der Waals surface area (Å²) in [5, 5.41) is 4.02. The summed E-state index contributed by atoms with van der Waals surface area (Å²) in [6.45, 7) is -0.164. The van der Waals surface area contributed by atoms with Crippen molar-refractivity contribution in [1.29, 1.82) is 0 Å². The van der Waals surface area contributed by atoms with Crippen LogP contribution in [-0.2, 0) is 21.4 Å². The van der Waals surface area contributed by atoms with Gasteiger partial charge in [0.05, 0.1) is 38.1 Å². The number of anilines is 1. The fraction of sp³-hybridized carbons (Fsp3) is 0.161. The lowest BCUT2D eigenvalue weighted by atomic mass is 10.2. The maximum atomic E-state index is 13.6. The lowest BCUT2D eigenvalue weighted by molar-refractivity contribution is -0.119. The molecule has 0 saturated heterocycles. The Bertz CT molecular complexity index is 1630. The van der Waals surface area contributed by atoms with Gasteiger partial charge in [0.25, 0.3) is 15.9 Å². The van der Waals surface area contributed by atoms with Crippen LogP contribution in [0, 0.1) is 0 Å². The van der Waals surface area contributed by atoms with Crippen molar-refractivity contribution in [2.24, 2.45) is 5.10 Å². The highest BCUT2D eigenvalue weighted by atomic mass is 32.2. The van der Waals surface area contributed by atoms with Crippen LogP contribution in [0.3, 0.4) is 0 Å². The maximum Gasteiger partial charge on any atom is 0.264 e. The minimum absolute atomic E-state index is 0.0257. The second-order valence-electron chi connectivity index (χ2n) is 8.84. The predicted octanol–water partition coefficient (Wildman–Crippen LogP) is 4.64. The van der Waals surface area contributed by atoms with E-state index in [1.54, 1.807) is 42.5 Å². The van der Waals surface area contributed by atoms with Gasteiger partial charge in [0.15, 0.2) is 23.0 Å². The molecule has 0 unspecified atom stereocenters. The molecule has 1 amide bonds. The minimum atomic E-state index is -4.12. The molecular formula is C31H31N3O7S. The second kappa shape index (κ2) is 14.0. The topological polar surface area (TPSA) is 116 Å². The Morgan fingerprint density at radius 3 is 2.07 bits per heavy atom. The molecule has 0 aliphatic heterocycles. The van der Waals surface area contributed by atoms with E-state index in [0.29, 0.717) is 35.2 Å². The monoisotopic (exact) mass is 589 g/mol. The van der Waals surface area contributed by atoms with E-state index in [9.17, 15) is 13.2 Å². The zero-order valence-corrected chi connectivity index (χ0v) is 24.2. The van der Waals surface area contributed by atoms with Gasteiger partial charge < -0.3 is 18.9 Å². The number of hydrogen-bond donors (Lipinski definition) is 1. The van der Waals surface area contributed by atoms with E-state index in [4.69, 9.17) is 18.9 Å². The van der Waals surface area contributed by atoms with Crippen LogP contribution in [0.1, 0.15) is 11.1 Å². The van der Waals surface area contributed by atoms with E-state index in [1.165, 1.54) is 51.8 Å². The number of benzene rings is 4. The molecule has 11 heteroatoms. The van der Waals surface area contributed by atoms with Crippen molar-refractivity contribution in [2.75, 3.05) is 32.2 Å². The quantitative estimate of drug-likeness (QED) is 0.179. The van der Waals surface area contributed by atoms with E-state index < -0.39 is 22.5 Å². The van der Waals surface area contributed by atoms with E-state index in [2.05, 4.69) is 10.5 Å². The average Bonchev–Trinajstić information content (AvgIpc) is 3.03. The molecule has 1 N–H and O–H groups in total. The molecule has 0 aliphatic carbocycles. The molecule has 0 aliphatic rings. The minimum Gasteiger partial charge on any atom is -0.493 e. The van der Waals surface area contributed by atoms with Crippen molar-refractivity contribution in [3.63, 3.8) is 0 Å². The van der Waals surface area contributed by atoms with Crippen LogP contribution in [0.4, 0.5) is 5.69 Å². The highest BCUT2D eigenvalue weighted by molar-refractivity contribution is 7.92. The molecule has 4 aromatic rings. The fourth-order valence-electron chi connectivity index (χ4n) is 3.98. The van der Waals surface area contributed by atoms with Crippen LogP contribution in [0.5, 0.6) is 23.0 Å². The Morgan fingerprint density at radius 2 is 1.40 bits per heavy atom. The largest absolute Gasteiger partial charge is 0.493 e. The first kappa shape index (κ1) is 29.9. The standard InChI is InChI=1S/C31H31N3O7S/c1-38-27-17-15-25(19-30(27)40-3)34(42(36,37)26-12-8-5-9-13-26)21-31(35)33-32-20-24-14-16-28(29(18-24)39-2)41-22-23-10-6-4-7-11-23/h4-20H,21-22H2,1-3H3,(H,33,35)/b32-20-. The number of rotatable bonds is 13. The van der Waals surface area contributed by atoms with Crippen LogP contribution in [0.15, 0.2) is 107 Å². The second-order valence-corrected chi connectivity index (χ2v) is 10.7. The van der Waals surface area contributed by atoms with Crippen LogP contribution < -0.4 is 28.7 Å². The third-order valence-corrected chi connectivity index (χ3v) is 7.89. The number of carbonyl (C=O) groups excluding carboxylic acids is 1. The van der Waals surface area contributed by atoms with Crippen LogP contribution >= 0.6 is 0 Å². The first-order valence-electron chi connectivity index (χ1n) is 12.8. The number of hydrogen-bond acceptors (Lipinski definition) is 8. The summed E-state index contributed by atoms with van der Waals surface area (Å²) in [6.07, 6.45) is 1.42. The molecule has 10 nitrogen and oxygen atoms in total. The third kappa shape index (κ3) is 7.38. The van der Waals surface area contributed by atoms with Gasteiger partial charge in [0.1, 0.15) is 13.2 Å². The van der Waals surface area contributed by atoms with Gasteiger partial charge in [0, 0.05) is 6.07 Å². The highest BCUT2D eigenvalue weighted by Crippen LogP contribution is 2.34. The van der Waals surface area contributed by atoms with Gasteiger partial charge in [-0.15, -0.1) is 0 Å². The number of nitrogens with one attached hydrogen (secondary N) is 1.